The Morgan fingerprint density at radius 1 is 1.33 bits per heavy atom. The highest BCUT2D eigenvalue weighted by Crippen LogP contribution is 2.35. The van der Waals surface area contributed by atoms with E-state index in [-0.39, 0.29) is 16.6 Å². The van der Waals surface area contributed by atoms with Crippen LogP contribution in [0.1, 0.15) is 21.5 Å². The first kappa shape index (κ1) is 15.6. The minimum absolute atomic E-state index is 0.0264. The predicted octanol–water partition coefficient (Wildman–Crippen LogP) is 3.74. The maximum absolute atomic E-state index is 12.8. The molecule has 21 heavy (non-hydrogen) atoms. The van der Waals surface area contributed by atoms with Crippen LogP contribution in [0.5, 0.6) is 0 Å². The number of benzene rings is 1. The Balaban J connectivity index is 2.12. The van der Waals surface area contributed by atoms with E-state index < -0.39 is 17.6 Å². The largest absolute Gasteiger partial charge is 0.417 e. The van der Waals surface area contributed by atoms with Crippen LogP contribution in [-0.2, 0) is 19.8 Å². The zero-order valence-electron chi connectivity index (χ0n) is 11.0. The van der Waals surface area contributed by atoms with Gasteiger partial charge in [-0.2, -0.15) is 13.2 Å². The molecule has 1 aromatic carbocycles. The van der Waals surface area contributed by atoms with Crippen molar-refractivity contribution < 1.29 is 18.0 Å². The molecule has 7 heteroatoms. The minimum atomic E-state index is -4.51. The van der Waals surface area contributed by atoms with E-state index in [0.29, 0.717) is 0 Å². The maximum Gasteiger partial charge on any atom is 0.417 e. The van der Waals surface area contributed by atoms with Gasteiger partial charge in [-0.3, -0.25) is 4.79 Å². The zero-order chi connectivity index (χ0) is 15.6. The summed E-state index contributed by atoms with van der Waals surface area (Å²) < 4.78 is 40.1. The summed E-state index contributed by atoms with van der Waals surface area (Å²) in [5.74, 6) is -0.545. The minimum Gasteiger partial charge on any atom is -0.357 e. The molecule has 0 saturated carbocycles. The molecule has 112 valence electrons. The summed E-state index contributed by atoms with van der Waals surface area (Å²) in [6.45, 7) is 0.261. The van der Waals surface area contributed by atoms with Crippen molar-refractivity contribution >= 4 is 21.8 Å². The fourth-order valence-corrected chi connectivity index (χ4v) is 2.31. The number of carbonyl (C=O) groups excluding carboxylic acids is 1. The van der Waals surface area contributed by atoms with Crippen molar-refractivity contribution in [3.63, 3.8) is 0 Å². The van der Waals surface area contributed by atoms with E-state index in [1.807, 2.05) is 30.1 Å². The second kappa shape index (κ2) is 5.93. The van der Waals surface area contributed by atoms with Crippen LogP contribution in [0, 0.1) is 0 Å². The second-order valence-corrected chi connectivity index (χ2v) is 5.41. The SMILES string of the molecule is Cn1ccc(CNC(=O)c2ccc(Br)c(C(F)(F)F)c2)c1. The van der Waals surface area contributed by atoms with Gasteiger partial charge < -0.3 is 9.88 Å². The van der Waals surface area contributed by atoms with E-state index in [2.05, 4.69) is 21.2 Å². The molecular formula is C14H12BrF3N2O. The third-order valence-corrected chi connectivity index (χ3v) is 3.57. The molecule has 0 aliphatic rings. The van der Waals surface area contributed by atoms with Gasteiger partial charge in [0.1, 0.15) is 0 Å². The molecule has 1 heterocycles. The van der Waals surface area contributed by atoms with Crippen molar-refractivity contribution in [2.75, 3.05) is 0 Å². The number of halogens is 4. The van der Waals surface area contributed by atoms with Crippen LogP contribution in [0.4, 0.5) is 13.2 Å². The second-order valence-electron chi connectivity index (χ2n) is 4.56. The van der Waals surface area contributed by atoms with Gasteiger partial charge in [-0.05, 0) is 29.8 Å². The number of aromatic nitrogens is 1. The van der Waals surface area contributed by atoms with E-state index in [1.165, 1.54) is 12.1 Å². The van der Waals surface area contributed by atoms with Crippen LogP contribution in [0.2, 0.25) is 0 Å². The summed E-state index contributed by atoms with van der Waals surface area (Å²) in [4.78, 5) is 11.9. The van der Waals surface area contributed by atoms with Gasteiger partial charge in [0, 0.05) is 36.0 Å². The van der Waals surface area contributed by atoms with Gasteiger partial charge in [-0.25, -0.2) is 0 Å². The molecule has 1 N–H and O–H groups in total. The topological polar surface area (TPSA) is 34.0 Å². The highest BCUT2D eigenvalue weighted by molar-refractivity contribution is 9.10. The number of hydrogen-bond acceptors (Lipinski definition) is 1. The summed E-state index contributed by atoms with van der Waals surface area (Å²) >= 11 is 2.84. The van der Waals surface area contributed by atoms with E-state index in [0.717, 1.165) is 11.6 Å². The van der Waals surface area contributed by atoms with Crippen LogP contribution in [-0.4, -0.2) is 10.5 Å². The van der Waals surface area contributed by atoms with Crippen LogP contribution in [0.25, 0.3) is 0 Å². The molecule has 1 amide bonds. The van der Waals surface area contributed by atoms with Gasteiger partial charge in [0.05, 0.1) is 5.56 Å². The van der Waals surface area contributed by atoms with Gasteiger partial charge in [0.15, 0.2) is 0 Å². The van der Waals surface area contributed by atoms with E-state index in [1.54, 1.807) is 0 Å². The molecule has 0 aliphatic carbocycles. The number of amides is 1. The molecule has 1 aromatic heterocycles. The number of nitrogens with zero attached hydrogens (tertiary/aromatic N) is 1. The highest BCUT2D eigenvalue weighted by Gasteiger charge is 2.33. The quantitative estimate of drug-likeness (QED) is 0.888. The third-order valence-electron chi connectivity index (χ3n) is 2.88. The fraction of sp³-hybridized carbons (Fsp3) is 0.214. The van der Waals surface area contributed by atoms with Crippen LogP contribution in [0.3, 0.4) is 0 Å². The number of hydrogen-bond donors (Lipinski definition) is 1. The van der Waals surface area contributed by atoms with E-state index >= 15 is 0 Å². The Hall–Kier alpha value is -1.76. The molecule has 0 spiro atoms. The highest BCUT2D eigenvalue weighted by atomic mass is 79.9. The predicted molar refractivity (Wildman–Crippen MR) is 75.7 cm³/mol. The first-order valence-electron chi connectivity index (χ1n) is 6.03. The maximum atomic E-state index is 12.8. The molecule has 0 aliphatic heterocycles. The standard InChI is InChI=1S/C14H12BrF3N2O/c1-20-5-4-9(8-20)7-19-13(21)10-2-3-12(15)11(6-10)14(16,17)18/h2-6,8H,7H2,1H3,(H,19,21). The molecule has 0 unspecified atom stereocenters. The Morgan fingerprint density at radius 3 is 2.62 bits per heavy atom. The number of aryl methyl sites for hydroxylation is 1. The monoisotopic (exact) mass is 360 g/mol. The van der Waals surface area contributed by atoms with Crippen molar-refractivity contribution in [1.82, 2.24) is 9.88 Å². The number of nitrogens with one attached hydrogen (secondary N) is 1. The zero-order valence-corrected chi connectivity index (χ0v) is 12.6. The van der Waals surface area contributed by atoms with Gasteiger partial charge in [0.25, 0.3) is 5.91 Å². The number of rotatable bonds is 3. The van der Waals surface area contributed by atoms with E-state index in [4.69, 9.17) is 0 Å². The Bertz CT molecular complexity index is 664. The summed E-state index contributed by atoms with van der Waals surface area (Å²) in [5.41, 5.74) is -0.0182. The van der Waals surface area contributed by atoms with Gasteiger partial charge in [-0.15, -0.1) is 0 Å². The molecule has 0 bridgehead atoms. The number of carbonyl (C=O) groups is 1. The van der Waals surface area contributed by atoms with Crippen molar-refractivity contribution in [3.8, 4) is 0 Å². The van der Waals surface area contributed by atoms with Crippen LogP contribution < -0.4 is 5.32 Å². The lowest BCUT2D eigenvalue weighted by Gasteiger charge is -2.11. The average molecular weight is 361 g/mol. The first-order valence-corrected chi connectivity index (χ1v) is 6.82. The summed E-state index contributed by atoms with van der Waals surface area (Å²) in [6.07, 6.45) is -0.861. The summed E-state index contributed by atoms with van der Waals surface area (Å²) in [6, 6.07) is 5.23. The lowest BCUT2D eigenvalue weighted by molar-refractivity contribution is -0.138. The van der Waals surface area contributed by atoms with Crippen molar-refractivity contribution in [2.45, 2.75) is 12.7 Å². The van der Waals surface area contributed by atoms with Crippen LogP contribution >= 0.6 is 15.9 Å². The molecule has 3 nitrogen and oxygen atoms in total. The van der Waals surface area contributed by atoms with Crippen molar-refractivity contribution in [3.05, 3.63) is 57.8 Å². The first-order chi connectivity index (χ1) is 9.77. The fourth-order valence-electron chi connectivity index (χ4n) is 1.83. The molecule has 2 rings (SSSR count). The average Bonchev–Trinajstić information content (AvgIpc) is 2.81. The lowest BCUT2D eigenvalue weighted by atomic mass is 10.1. The molecular weight excluding hydrogens is 349 g/mol. The summed E-state index contributed by atoms with van der Waals surface area (Å²) in [5, 5.41) is 2.59. The lowest BCUT2D eigenvalue weighted by Crippen LogP contribution is -2.23. The molecule has 2 aromatic rings. The van der Waals surface area contributed by atoms with Gasteiger partial charge in [-0.1, -0.05) is 15.9 Å². The van der Waals surface area contributed by atoms with Crippen LogP contribution in [0.15, 0.2) is 41.1 Å². The third kappa shape index (κ3) is 3.87. The normalized spacial score (nSPS) is 11.5. The van der Waals surface area contributed by atoms with Gasteiger partial charge >= 0.3 is 6.18 Å². The van der Waals surface area contributed by atoms with E-state index in [9.17, 15) is 18.0 Å². The molecule has 0 atom stereocenters. The van der Waals surface area contributed by atoms with Gasteiger partial charge in [0.2, 0.25) is 0 Å². The molecule has 0 fully saturated rings. The molecule has 0 radical (unpaired) electrons. The Morgan fingerprint density at radius 2 is 2.05 bits per heavy atom. The summed E-state index contributed by atoms with van der Waals surface area (Å²) in [7, 11) is 1.84. The smallest absolute Gasteiger partial charge is 0.357 e. The Kier molecular flexibility index (Phi) is 4.41. The number of alkyl halides is 3. The molecule has 0 saturated heterocycles. The van der Waals surface area contributed by atoms with Crippen molar-refractivity contribution in [1.29, 1.82) is 0 Å². The van der Waals surface area contributed by atoms with Crippen molar-refractivity contribution in [2.24, 2.45) is 7.05 Å². The Labute approximate surface area is 127 Å².